The minimum absolute atomic E-state index is 0.577. The van der Waals surface area contributed by atoms with E-state index in [-0.39, 0.29) is 0 Å². The first-order valence-electron chi connectivity index (χ1n) is 5.49. The Hall–Kier alpha value is -0.350. The third-order valence-corrected chi connectivity index (χ3v) is 3.23. The fraction of sp³-hybridized carbons (Fsp3) is 0.727. The van der Waals surface area contributed by atoms with Crippen LogP contribution in [0.1, 0.15) is 20.3 Å². The molecule has 0 saturated carbocycles. The van der Waals surface area contributed by atoms with Crippen molar-refractivity contribution in [3.05, 3.63) is 18.7 Å². The zero-order valence-electron chi connectivity index (χ0n) is 9.49. The molecule has 0 amide bonds. The number of nitrogens with one attached hydrogen (secondary N) is 1. The summed E-state index contributed by atoms with van der Waals surface area (Å²) in [4.78, 5) is 4.02. The smallest absolute Gasteiger partial charge is 0.0945 e. The van der Waals surface area contributed by atoms with Crippen molar-refractivity contribution >= 4 is 15.9 Å². The van der Waals surface area contributed by atoms with Gasteiger partial charge in [0.2, 0.25) is 0 Å². The second kappa shape index (κ2) is 7.01. The number of aromatic nitrogens is 2. The molecule has 0 bridgehead atoms. The van der Waals surface area contributed by atoms with E-state index in [1.807, 2.05) is 18.7 Å². The molecule has 1 atom stereocenters. The lowest BCUT2D eigenvalue weighted by Gasteiger charge is -2.19. The average molecular weight is 274 g/mol. The third kappa shape index (κ3) is 4.80. The van der Waals surface area contributed by atoms with E-state index in [0.29, 0.717) is 12.0 Å². The summed E-state index contributed by atoms with van der Waals surface area (Å²) in [6, 6.07) is 0.577. The van der Waals surface area contributed by atoms with Crippen LogP contribution < -0.4 is 5.32 Å². The van der Waals surface area contributed by atoms with Crippen molar-refractivity contribution in [3.63, 3.8) is 0 Å². The zero-order chi connectivity index (χ0) is 11.1. The molecule has 0 saturated heterocycles. The zero-order valence-corrected chi connectivity index (χ0v) is 11.1. The maximum Gasteiger partial charge on any atom is 0.0945 e. The van der Waals surface area contributed by atoms with Gasteiger partial charge in [-0.2, -0.15) is 0 Å². The molecular formula is C11H20BrN3. The molecule has 0 aromatic carbocycles. The van der Waals surface area contributed by atoms with Crippen molar-refractivity contribution in [1.29, 1.82) is 0 Å². The number of halogens is 1. The van der Waals surface area contributed by atoms with Gasteiger partial charge < -0.3 is 9.88 Å². The summed E-state index contributed by atoms with van der Waals surface area (Å²) in [5.41, 5.74) is 0. The number of hydrogen-bond donors (Lipinski definition) is 1. The molecule has 0 aliphatic rings. The van der Waals surface area contributed by atoms with Gasteiger partial charge in [-0.3, -0.25) is 0 Å². The molecule has 0 aliphatic heterocycles. The fourth-order valence-corrected chi connectivity index (χ4v) is 2.41. The second-order valence-corrected chi connectivity index (χ2v) is 4.76. The van der Waals surface area contributed by atoms with Gasteiger partial charge in [-0.25, -0.2) is 4.98 Å². The van der Waals surface area contributed by atoms with Gasteiger partial charge in [0, 0.05) is 30.3 Å². The SMILES string of the molecule is CC(C)C(CBr)NCCCn1ccnc1. The van der Waals surface area contributed by atoms with E-state index in [2.05, 4.69) is 44.6 Å². The Morgan fingerprint density at radius 2 is 2.27 bits per heavy atom. The lowest BCUT2D eigenvalue weighted by atomic mass is 10.1. The summed E-state index contributed by atoms with van der Waals surface area (Å²) in [6.45, 7) is 6.59. The van der Waals surface area contributed by atoms with Crippen molar-refractivity contribution in [2.45, 2.75) is 32.9 Å². The summed E-state index contributed by atoms with van der Waals surface area (Å²) < 4.78 is 2.11. The molecule has 0 spiro atoms. The van der Waals surface area contributed by atoms with Crippen LogP contribution in [-0.4, -0.2) is 27.5 Å². The Labute approximate surface area is 100 Å². The van der Waals surface area contributed by atoms with Crippen LogP contribution in [0.4, 0.5) is 0 Å². The molecule has 1 N–H and O–H groups in total. The van der Waals surface area contributed by atoms with Gasteiger partial charge in [0.1, 0.15) is 0 Å². The highest BCUT2D eigenvalue weighted by Gasteiger charge is 2.09. The monoisotopic (exact) mass is 273 g/mol. The van der Waals surface area contributed by atoms with Gasteiger partial charge in [-0.15, -0.1) is 0 Å². The summed E-state index contributed by atoms with van der Waals surface area (Å²) in [5.74, 6) is 0.678. The van der Waals surface area contributed by atoms with E-state index in [0.717, 1.165) is 24.8 Å². The number of nitrogens with zero attached hydrogens (tertiary/aromatic N) is 2. The van der Waals surface area contributed by atoms with Crippen molar-refractivity contribution < 1.29 is 0 Å². The standard InChI is InChI=1S/C11H20BrN3/c1-10(2)11(8-12)14-4-3-6-15-7-5-13-9-15/h5,7,9-11,14H,3-4,6,8H2,1-2H3. The van der Waals surface area contributed by atoms with E-state index in [1.54, 1.807) is 0 Å². The molecule has 4 heteroatoms. The lowest BCUT2D eigenvalue weighted by molar-refractivity contribution is 0.424. The molecule has 0 fully saturated rings. The molecule has 3 nitrogen and oxygen atoms in total. The third-order valence-electron chi connectivity index (χ3n) is 2.53. The van der Waals surface area contributed by atoms with E-state index < -0.39 is 0 Å². The first kappa shape index (κ1) is 12.7. The van der Waals surface area contributed by atoms with Gasteiger partial charge in [0.05, 0.1) is 6.33 Å². The lowest BCUT2D eigenvalue weighted by Crippen LogP contribution is -2.36. The Morgan fingerprint density at radius 1 is 1.47 bits per heavy atom. The Bertz CT molecular complexity index is 246. The van der Waals surface area contributed by atoms with Crippen LogP contribution in [0.5, 0.6) is 0 Å². The molecule has 1 aromatic rings. The van der Waals surface area contributed by atoms with Crippen LogP contribution in [0.15, 0.2) is 18.7 Å². The van der Waals surface area contributed by atoms with Crippen molar-refractivity contribution in [2.75, 3.05) is 11.9 Å². The highest BCUT2D eigenvalue weighted by atomic mass is 79.9. The van der Waals surface area contributed by atoms with Crippen LogP contribution in [0.25, 0.3) is 0 Å². The molecule has 1 unspecified atom stereocenters. The maximum absolute atomic E-state index is 4.02. The number of imidazole rings is 1. The van der Waals surface area contributed by atoms with Crippen molar-refractivity contribution in [3.8, 4) is 0 Å². The summed E-state index contributed by atoms with van der Waals surface area (Å²) in [7, 11) is 0. The summed E-state index contributed by atoms with van der Waals surface area (Å²) in [6.07, 6.45) is 6.84. The minimum Gasteiger partial charge on any atom is -0.337 e. The van der Waals surface area contributed by atoms with Gasteiger partial charge in [-0.05, 0) is 18.9 Å². The van der Waals surface area contributed by atoms with Crippen molar-refractivity contribution in [1.82, 2.24) is 14.9 Å². The molecular weight excluding hydrogens is 254 g/mol. The predicted octanol–water partition coefficient (Wildman–Crippen LogP) is 2.28. The molecule has 1 aromatic heterocycles. The van der Waals surface area contributed by atoms with Crippen LogP contribution in [-0.2, 0) is 6.54 Å². The van der Waals surface area contributed by atoms with E-state index >= 15 is 0 Å². The quantitative estimate of drug-likeness (QED) is 0.610. The Morgan fingerprint density at radius 3 is 2.80 bits per heavy atom. The van der Waals surface area contributed by atoms with E-state index in [1.165, 1.54) is 0 Å². The minimum atomic E-state index is 0.577. The highest BCUT2D eigenvalue weighted by molar-refractivity contribution is 9.09. The molecule has 1 rings (SSSR count). The number of hydrogen-bond acceptors (Lipinski definition) is 2. The average Bonchev–Trinajstić information content (AvgIpc) is 2.70. The Balaban J connectivity index is 2.10. The van der Waals surface area contributed by atoms with Crippen LogP contribution >= 0.6 is 15.9 Å². The van der Waals surface area contributed by atoms with Gasteiger partial charge in [0.25, 0.3) is 0 Å². The molecule has 0 radical (unpaired) electrons. The van der Waals surface area contributed by atoms with Crippen molar-refractivity contribution in [2.24, 2.45) is 5.92 Å². The normalized spacial score (nSPS) is 13.3. The topological polar surface area (TPSA) is 29.9 Å². The van der Waals surface area contributed by atoms with Crippen LogP contribution in [0.2, 0.25) is 0 Å². The number of aryl methyl sites for hydroxylation is 1. The predicted molar refractivity (Wildman–Crippen MR) is 67.3 cm³/mol. The van der Waals surface area contributed by atoms with Gasteiger partial charge >= 0.3 is 0 Å². The van der Waals surface area contributed by atoms with Gasteiger partial charge in [-0.1, -0.05) is 29.8 Å². The second-order valence-electron chi connectivity index (χ2n) is 4.11. The molecule has 15 heavy (non-hydrogen) atoms. The molecule has 0 aliphatic carbocycles. The number of rotatable bonds is 7. The Kier molecular flexibility index (Phi) is 5.95. The summed E-state index contributed by atoms with van der Waals surface area (Å²) >= 11 is 3.53. The van der Waals surface area contributed by atoms with E-state index in [4.69, 9.17) is 0 Å². The van der Waals surface area contributed by atoms with Gasteiger partial charge in [0.15, 0.2) is 0 Å². The molecule has 86 valence electrons. The first-order valence-corrected chi connectivity index (χ1v) is 6.61. The first-order chi connectivity index (χ1) is 7.24. The largest absolute Gasteiger partial charge is 0.337 e. The van der Waals surface area contributed by atoms with Crippen LogP contribution in [0.3, 0.4) is 0 Å². The van der Waals surface area contributed by atoms with Crippen LogP contribution in [0, 0.1) is 5.92 Å². The maximum atomic E-state index is 4.02. The highest BCUT2D eigenvalue weighted by Crippen LogP contribution is 2.04. The summed E-state index contributed by atoms with van der Waals surface area (Å²) in [5, 5.41) is 4.57. The van der Waals surface area contributed by atoms with E-state index in [9.17, 15) is 0 Å². The number of alkyl halides is 1. The molecule has 1 heterocycles. The fourth-order valence-electron chi connectivity index (χ4n) is 1.44.